The van der Waals surface area contributed by atoms with E-state index in [0.717, 1.165) is 34.4 Å². The third kappa shape index (κ3) is 4.16. The number of nitrogens with zero attached hydrogens (tertiary/aromatic N) is 2. The van der Waals surface area contributed by atoms with Crippen molar-refractivity contribution in [1.82, 2.24) is 9.55 Å². The van der Waals surface area contributed by atoms with Crippen molar-refractivity contribution in [2.75, 3.05) is 5.32 Å². The molecule has 27 heavy (non-hydrogen) atoms. The zero-order valence-electron chi connectivity index (χ0n) is 15.9. The van der Waals surface area contributed by atoms with E-state index in [1.54, 1.807) is 0 Å². The Bertz CT molecular complexity index is 986. The molecule has 0 radical (unpaired) electrons. The summed E-state index contributed by atoms with van der Waals surface area (Å²) in [4.78, 5) is 15.9. The van der Waals surface area contributed by atoms with Crippen molar-refractivity contribution in [1.29, 1.82) is 5.41 Å². The first-order valence-corrected chi connectivity index (χ1v) is 8.88. The van der Waals surface area contributed by atoms with Crippen molar-refractivity contribution >= 4 is 28.8 Å². The van der Waals surface area contributed by atoms with Crippen LogP contribution in [0, 0.1) is 10.8 Å². The van der Waals surface area contributed by atoms with Crippen LogP contribution in [0.2, 0.25) is 0 Å². The number of nitrogen functional groups attached to an aromatic ring is 1. The number of aldehydes is 1. The van der Waals surface area contributed by atoms with Crippen LogP contribution in [0.1, 0.15) is 30.8 Å². The van der Waals surface area contributed by atoms with Gasteiger partial charge in [-0.3, -0.25) is 5.41 Å². The monoisotopic (exact) mass is 363 g/mol. The van der Waals surface area contributed by atoms with E-state index >= 15 is 0 Å². The quantitative estimate of drug-likeness (QED) is 0.341. The molecule has 3 aromatic rings. The average Bonchev–Trinajstić information content (AvgIpc) is 2.95. The molecule has 6 nitrogen and oxygen atoms in total. The van der Waals surface area contributed by atoms with Gasteiger partial charge in [0, 0.05) is 23.7 Å². The molecule has 0 fully saturated rings. The highest BCUT2D eigenvalue weighted by Gasteiger charge is 2.18. The molecule has 0 saturated carbocycles. The minimum atomic E-state index is -0.376. The van der Waals surface area contributed by atoms with Gasteiger partial charge >= 0.3 is 0 Å². The zero-order chi connectivity index (χ0) is 19.6. The highest BCUT2D eigenvalue weighted by molar-refractivity contribution is 5.95. The average molecular weight is 363 g/mol. The number of hydrogen-bond acceptors (Lipinski definition) is 4. The highest BCUT2D eigenvalue weighted by Crippen LogP contribution is 2.23. The van der Waals surface area contributed by atoms with Gasteiger partial charge in [0.05, 0.1) is 17.6 Å². The van der Waals surface area contributed by atoms with E-state index in [4.69, 9.17) is 16.1 Å². The summed E-state index contributed by atoms with van der Waals surface area (Å²) in [5.41, 5.74) is 9.85. The second-order valence-corrected chi connectivity index (χ2v) is 7.54. The molecule has 3 rings (SSSR count). The lowest BCUT2D eigenvalue weighted by Gasteiger charge is -2.16. The Morgan fingerprint density at radius 2 is 1.96 bits per heavy atom. The van der Waals surface area contributed by atoms with Gasteiger partial charge in [-0.25, -0.2) is 4.98 Å². The van der Waals surface area contributed by atoms with Crippen LogP contribution in [0.25, 0.3) is 11.0 Å². The van der Waals surface area contributed by atoms with Gasteiger partial charge in [0.1, 0.15) is 17.9 Å². The number of fused-ring (bicyclic) bond motifs is 1. The largest absolute Gasteiger partial charge is 0.384 e. The van der Waals surface area contributed by atoms with Crippen LogP contribution in [0.5, 0.6) is 0 Å². The van der Waals surface area contributed by atoms with E-state index in [1.807, 2.05) is 45.2 Å². The first-order chi connectivity index (χ1) is 12.8. The Kier molecular flexibility index (Phi) is 4.99. The minimum Gasteiger partial charge on any atom is -0.384 e. The predicted molar refractivity (Wildman–Crippen MR) is 109 cm³/mol. The van der Waals surface area contributed by atoms with Crippen LogP contribution in [-0.2, 0) is 24.8 Å². The van der Waals surface area contributed by atoms with Gasteiger partial charge < -0.3 is 20.4 Å². The minimum absolute atomic E-state index is 0.0606. The highest BCUT2D eigenvalue weighted by atomic mass is 16.1. The van der Waals surface area contributed by atoms with Crippen LogP contribution < -0.4 is 11.1 Å². The van der Waals surface area contributed by atoms with Gasteiger partial charge in [-0.1, -0.05) is 19.9 Å². The fourth-order valence-corrected chi connectivity index (χ4v) is 3.08. The van der Waals surface area contributed by atoms with Crippen LogP contribution >= 0.6 is 0 Å². The van der Waals surface area contributed by atoms with Crippen molar-refractivity contribution in [3.05, 3.63) is 59.4 Å². The number of nitrogens with one attached hydrogen (secondary N) is 2. The van der Waals surface area contributed by atoms with Crippen molar-refractivity contribution in [2.24, 2.45) is 18.2 Å². The number of anilines is 1. The van der Waals surface area contributed by atoms with E-state index in [2.05, 4.69) is 28.1 Å². The molecule has 2 aromatic carbocycles. The van der Waals surface area contributed by atoms with Gasteiger partial charge in [0.25, 0.3) is 0 Å². The smallest absolute Gasteiger partial charge is 0.128 e. The van der Waals surface area contributed by atoms with E-state index < -0.39 is 0 Å². The second kappa shape index (κ2) is 7.23. The Labute approximate surface area is 158 Å². The summed E-state index contributed by atoms with van der Waals surface area (Å²) in [6.45, 7) is 4.46. The summed E-state index contributed by atoms with van der Waals surface area (Å²) in [5, 5.41) is 10.8. The maximum absolute atomic E-state index is 11.2. The lowest BCUT2D eigenvalue weighted by molar-refractivity contribution is -0.114. The molecule has 0 bridgehead atoms. The summed E-state index contributed by atoms with van der Waals surface area (Å²) in [7, 11) is 2.00. The first-order valence-electron chi connectivity index (χ1n) is 8.88. The SMILES string of the molecule is Cn1c(CNc2ccc(C(=N)N)cc2)nc2cc(CC(C)(C)C=O)ccc21. The number of carbonyl (C=O) groups is 1. The van der Waals surface area contributed by atoms with Gasteiger partial charge in [0.2, 0.25) is 0 Å². The molecular formula is C21H25N5O. The molecule has 0 amide bonds. The number of imidazole rings is 1. The van der Waals surface area contributed by atoms with Crippen molar-refractivity contribution in [3.63, 3.8) is 0 Å². The molecule has 0 unspecified atom stereocenters. The second-order valence-electron chi connectivity index (χ2n) is 7.54. The number of carbonyl (C=O) groups excluding carboxylic acids is 1. The summed E-state index contributed by atoms with van der Waals surface area (Å²) < 4.78 is 2.07. The van der Waals surface area contributed by atoms with Crippen molar-refractivity contribution in [2.45, 2.75) is 26.8 Å². The number of rotatable bonds is 7. The fraction of sp³-hybridized carbons (Fsp3) is 0.286. The summed E-state index contributed by atoms with van der Waals surface area (Å²) in [5.74, 6) is 0.984. The topological polar surface area (TPSA) is 96.8 Å². The maximum atomic E-state index is 11.2. The van der Waals surface area contributed by atoms with Gasteiger partial charge in [-0.05, 0) is 48.4 Å². The van der Waals surface area contributed by atoms with Crippen LogP contribution in [0.15, 0.2) is 42.5 Å². The first kappa shape index (κ1) is 18.6. The lowest BCUT2D eigenvalue weighted by atomic mass is 9.87. The van der Waals surface area contributed by atoms with Gasteiger partial charge in [0.15, 0.2) is 0 Å². The summed E-state index contributed by atoms with van der Waals surface area (Å²) in [6, 6.07) is 13.6. The molecule has 1 aromatic heterocycles. The van der Waals surface area contributed by atoms with E-state index in [1.165, 1.54) is 0 Å². The normalized spacial score (nSPS) is 11.5. The molecule has 0 atom stereocenters. The third-order valence-electron chi connectivity index (χ3n) is 4.66. The molecule has 6 heteroatoms. The lowest BCUT2D eigenvalue weighted by Crippen LogP contribution is -2.16. The van der Waals surface area contributed by atoms with E-state index in [9.17, 15) is 4.79 Å². The summed E-state index contributed by atoms with van der Waals surface area (Å²) in [6.07, 6.45) is 1.70. The molecule has 4 N–H and O–H groups in total. The number of amidine groups is 1. The number of hydrogen-bond donors (Lipinski definition) is 3. The van der Waals surface area contributed by atoms with E-state index in [0.29, 0.717) is 18.5 Å². The van der Waals surface area contributed by atoms with E-state index in [-0.39, 0.29) is 11.3 Å². The molecule has 0 spiro atoms. The zero-order valence-corrected chi connectivity index (χ0v) is 15.9. The molecule has 0 aliphatic heterocycles. The maximum Gasteiger partial charge on any atom is 0.128 e. The van der Waals surface area contributed by atoms with Crippen LogP contribution in [-0.4, -0.2) is 21.7 Å². The van der Waals surface area contributed by atoms with Crippen LogP contribution in [0.4, 0.5) is 5.69 Å². The number of benzene rings is 2. The van der Waals surface area contributed by atoms with Gasteiger partial charge in [-0.2, -0.15) is 0 Å². The fourth-order valence-electron chi connectivity index (χ4n) is 3.08. The molecule has 140 valence electrons. The third-order valence-corrected chi connectivity index (χ3v) is 4.66. The Morgan fingerprint density at radius 1 is 1.26 bits per heavy atom. The molecule has 0 saturated heterocycles. The summed E-state index contributed by atoms with van der Waals surface area (Å²) >= 11 is 0. The van der Waals surface area contributed by atoms with Gasteiger partial charge in [-0.15, -0.1) is 0 Å². The van der Waals surface area contributed by atoms with Crippen LogP contribution in [0.3, 0.4) is 0 Å². The number of aromatic nitrogens is 2. The van der Waals surface area contributed by atoms with Crippen molar-refractivity contribution < 1.29 is 4.79 Å². The standard InChI is InChI=1S/C21H25N5O/c1-21(2,13-27)11-14-4-9-18-17(10-14)25-19(26(18)3)12-24-16-7-5-15(6-8-16)20(22)23/h4-10,13,24H,11-12H2,1-3H3,(H3,22,23). The Morgan fingerprint density at radius 3 is 2.59 bits per heavy atom. The number of nitrogens with two attached hydrogens (primary N) is 1. The number of aryl methyl sites for hydroxylation is 1. The molecular weight excluding hydrogens is 338 g/mol. The molecule has 0 aliphatic carbocycles. The predicted octanol–water partition coefficient (Wildman–Crippen LogP) is 3.24. The van der Waals surface area contributed by atoms with Crippen molar-refractivity contribution in [3.8, 4) is 0 Å². The Balaban J connectivity index is 1.77. The Hall–Kier alpha value is -3.15. The molecule has 1 heterocycles. The molecule has 0 aliphatic rings.